The molecule has 0 aliphatic rings. The van der Waals surface area contributed by atoms with Gasteiger partial charge in [-0.25, -0.2) is 9.59 Å². The number of nitriles is 1. The van der Waals surface area contributed by atoms with Crippen LogP contribution < -0.4 is 5.32 Å². The van der Waals surface area contributed by atoms with Crippen LogP contribution in [0.25, 0.3) is 0 Å². The van der Waals surface area contributed by atoms with E-state index in [4.69, 9.17) is 15.1 Å². The van der Waals surface area contributed by atoms with Gasteiger partial charge < -0.3 is 15.2 Å². The summed E-state index contributed by atoms with van der Waals surface area (Å²) in [5.74, 6) is -0.625. The average molecular weight is 302 g/mol. The van der Waals surface area contributed by atoms with Gasteiger partial charge in [-0.05, 0) is 39.4 Å². The van der Waals surface area contributed by atoms with Crippen molar-refractivity contribution in [3.63, 3.8) is 0 Å². The summed E-state index contributed by atoms with van der Waals surface area (Å²) in [5.41, 5.74) is -0.671. The van der Waals surface area contributed by atoms with Crippen molar-refractivity contribution in [1.82, 2.24) is 5.32 Å². The highest BCUT2D eigenvalue weighted by Gasteiger charge is 2.23. The number of carboxylic acids is 1. The Morgan fingerprint density at radius 2 is 2.05 bits per heavy atom. The van der Waals surface area contributed by atoms with E-state index in [9.17, 15) is 9.59 Å². The Kier molecular flexibility index (Phi) is 8.07. The van der Waals surface area contributed by atoms with Gasteiger partial charge in [-0.15, -0.1) is 11.8 Å². The van der Waals surface area contributed by atoms with Gasteiger partial charge in [0.15, 0.2) is 0 Å². The number of ether oxygens (including phenoxy) is 1. The van der Waals surface area contributed by atoms with Crippen molar-refractivity contribution in [3.05, 3.63) is 0 Å². The van der Waals surface area contributed by atoms with E-state index >= 15 is 0 Å². The van der Waals surface area contributed by atoms with Crippen molar-refractivity contribution in [2.45, 2.75) is 57.4 Å². The van der Waals surface area contributed by atoms with Gasteiger partial charge in [-0.1, -0.05) is 6.92 Å². The molecule has 0 aromatic carbocycles. The summed E-state index contributed by atoms with van der Waals surface area (Å²) in [6.07, 6.45) is 0.206. The van der Waals surface area contributed by atoms with Gasteiger partial charge in [0.2, 0.25) is 0 Å². The molecule has 7 heteroatoms. The number of carbonyl (C=O) groups excluding carboxylic acids is 1. The molecule has 2 unspecified atom stereocenters. The zero-order valence-corrected chi connectivity index (χ0v) is 13.1. The van der Waals surface area contributed by atoms with Crippen molar-refractivity contribution >= 4 is 23.8 Å². The van der Waals surface area contributed by atoms with Crippen LogP contribution >= 0.6 is 11.8 Å². The molecule has 0 bridgehead atoms. The summed E-state index contributed by atoms with van der Waals surface area (Å²) in [6, 6.07) is 1.12. The standard InChI is InChI=1S/C13H22N2O4S/c1-5-9(8-14)20-7-6-10(11(16)17)15-12(18)19-13(2,3)4/h9-10H,5-7H2,1-4H3,(H,15,18)(H,16,17). The summed E-state index contributed by atoms with van der Waals surface area (Å²) in [5, 5.41) is 20.0. The molecular formula is C13H22N2O4S. The Balaban J connectivity index is 4.28. The molecule has 0 spiro atoms. The summed E-state index contributed by atoms with van der Waals surface area (Å²) >= 11 is 1.39. The number of rotatable bonds is 7. The predicted molar refractivity (Wildman–Crippen MR) is 77.6 cm³/mol. The van der Waals surface area contributed by atoms with Crippen molar-refractivity contribution in [1.29, 1.82) is 5.26 Å². The van der Waals surface area contributed by atoms with Gasteiger partial charge in [-0.3, -0.25) is 0 Å². The van der Waals surface area contributed by atoms with Crippen LogP contribution in [0.1, 0.15) is 40.5 Å². The lowest BCUT2D eigenvalue weighted by atomic mass is 10.2. The molecule has 0 saturated heterocycles. The Morgan fingerprint density at radius 3 is 2.45 bits per heavy atom. The molecule has 0 aromatic rings. The first-order chi connectivity index (χ1) is 9.19. The first kappa shape index (κ1) is 18.6. The minimum atomic E-state index is -1.11. The normalized spacial score (nSPS) is 13.9. The van der Waals surface area contributed by atoms with Crippen molar-refractivity contribution < 1.29 is 19.4 Å². The second-order valence-corrected chi connectivity index (χ2v) is 6.53. The van der Waals surface area contributed by atoms with E-state index in [2.05, 4.69) is 11.4 Å². The fourth-order valence-corrected chi connectivity index (χ4v) is 2.25. The Bertz CT molecular complexity index is 374. The van der Waals surface area contributed by atoms with Gasteiger partial charge in [0.25, 0.3) is 0 Å². The molecule has 0 aliphatic carbocycles. The monoisotopic (exact) mass is 302 g/mol. The van der Waals surface area contributed by atoms with E-state index in [1.54, 1.807) is 20.8 Å². The topological polar surface area (TPSA) is 99.4 Å². The number of hydrogen-bond donors (Lipinski definition) is 2. The lowest BCUT2D eigenvalue weighted by Crippen LogP contribution is -2.43. The van der Waals surface area contributed by atoms with Crippen LogP contribution in [0.15, 0.2) is 0 Å². The molecule has 0 radical (unpaired) electrons. The molecule has 0 aliphatic heterocycles. The molecule has 114 valence electrons. The minimum Gasteiger partial charge on any atom is -0.480 e. The summed E-state index contributed by atoms with van der Waals surface area (Å²) in [7, 11) is 0. The van der Waals surface area contributed by atoms with Gasteiger partial charge in [-0.2, -0.15) is 5.26 Å². The zero-order valence-electron chi connectivity index (χ0n) is 12.3. The third-order valence-corrected chi connectivity index (χ3v) is 3.54. The first-order valence-corrected chi connectivity index (χ1v) is 7.48. The fraction of sp³-hybridized carbons (Fsp3) is 0.769. The van der Waals surface area contributed by atoms with E-state index in [1.165, 1.54) is 11.8 Å². The van der Waals surface area contributed by atoms with Crippen LogP contribution in [0.4, 0.5) is 4.79 Å². The summed E-state index contributed by atoms with van der Waals surface area (Å²) < 4.78 is 5.02. The van der Waals surface area contributed by atoms with Crippen molar-refractivity contribution in [2.24, 2.45) is 0 Å². The molecule has 1 amide bonds. The third kappa shape index (κ3) is 8.64. The SMILES string of the molecule is CCC(C#N)SCCC(NC(=O)OC(C)(C)C)C(=O)O. The molecule has 0 aromatic heterocycles. The van der Waals surface area contributed by atoms with Crippen LogP contribution in [-0.2, 0) is 9.53 Å². The Hall–Kier alpha value is -1.42. The quantitative estimate of drug-likeness (QED) is 0.749. The fourth-order valence-electron chi connectivity index (χ4n) is 1.28. The number of hydrogen-bond acceptors (Lipinski definition) is 5. The number of nitrogens with one attached hydrogen (secondary N) is 1. The van der Waals surface area contributed by atoms with Gasteiger partial charge in [0, 0.05) is 0 Å². The Labute approximate surface area is 123 Å². The number of nitrogens with zero attached hydrogens (tertiary/aromatic N) is 1. The van der Waals surface area contributed by atoms with Crippen molar-refractivity contribution in [3.8, 4) is 6.07 Å². The number of carbonyl (C=O) groups is 2. The summed E-state index contributed by atoms with van der Waals surface area (Å²) in [6.45, 7) is 7.01. The van der Waals surface area contributed by atoms with Crippen LogP contribution in [0.5, 0.6) is 0 Å². The number of alkyl carbamates (subject to hydrolysis) is 1. The maximum Gasteiger partial charge on any atom is 0.408 e. The van der Waals surface area contributed by atoms with Crippen molar-refractivity contribution in [2.75, 3.05) is 5.75 Å². The molecule has 0 heterocycles. The average Bonchev–Trinajstić information content (AvgIpc) is 2.30. The second kappa shape index (κ2) is 8.69. The zero-order chi connectivity index (χ0) is 15.8. The highest BCUT2D eigenvalue weighted by molar-refractivity contribution is 8.00. The van der Waals surface area contributed by atoms with E-state index in [0.29, 0.717) is 12.2 Å². The van der Waals surface area contributed by atoms with Crippen LogP contribution in [0.3, 0.4) is 0 Å². The molecule has 0 fully saturated rings. The predicted octanol–water partition coefficient (Wildman–Crippen LogP) is 2.39. The molecule has 6 nitrogen and oxygen atoms in total. The molecule has 20 heavy (non-hydrogen) atoms. The molecular weight excluding hydrogens is 280 g/mol. The Morgan fingerprint density at radius 1 is 1.45 bits per heavy atom. The van der Waals surface area contributed by atoms with Crippen LogP contribution in [0, 0.1) is 11.3 Å². The lowest BCUT2D eigenvalue weighted by molar-refractivity contribution is -0.139. The maximum atomic E-state index is 11.5. The van der Waals surface area contributed by atoms with Gasteiger partial charge in [0.05, 0.1) is 11.3 Å². The van der Waals surface area contributed by atoms with Gasteiger partial charge >= 0.3 is 12.1 Å². The number of amides is 1. The number of thioether (sulfide) groups is 1. The maximum absolute atomic E-state index is 11.5. The van der Waals surface area contributed by atoms with Crippen LogP contribution in [0.2, 0.25) is 0 Å². The van der Waals surface area contributed by atoms with E-state index < -0.39 is 23.7 Å². The lowest BCUT2D eigenvalue weighted by Gasteiger charge is -2.22. The van der Waals surface area contributed by atoms with Crippen LogP contribution in [-0.4, -0.2) is 39.8 Å². The van der Waals surface area contributed by atoms with E-state index in [0.717, 1.165) is 0 Å². The molecule has 0 rings (SSSR count). The largest absolute Gasteiger partial charge is 0.480 e. The highest BCUT2D eigenvalue weighted by atomic mass is 32.2. The molecule has 2 atom stereocenters. The second-order valence-electron chi connectivity index (χ2n) is 5.22. The minimum absolute atomic E-state index is 0.147. The number of carboxylic acid groups (broad SMARTS) is 1. The first-order valence-electron chi connectivity index (χ1n) is 6.43. The third-order valence-electron chi connectivity index (χ3n) is 2.23. The van der Waals surface area contributed by atoms with Gasteiger partial charge in [0.1, 0.15) is 11.6 Å². The number of aliphatic carboxylic acids is 1. The van der Waals surface area contributed by atoms with E-state index in [1.807, 2.05) is 6.92 Å². The molecule has 0 saturated carbocycles. The smallest absolute Gasteiger partial charge is 0.408 e. The molecule has 2 N–H and O–H groups in total. The highest BCUT2D eigenvalue weighted by Crippen LogP contribution is 2.15. The summed E-state index contributed by atoms with van der Waals surface area (Å²) in [4.78, 5) is 22.6. The van der Waals surface area contributed by atoms with E-state index in [-0.39, 0.29) is 11.7 Å².